The summed E-state index contributed by atoms with van der Waals surface area (Å²) < 4.78 is 2.25. The first-order valence-corrected chi connectivity index (χ1v) is 9.82. The molecule has 1 amide bonds. The van der Waals surface area contributed by atoms with Crippen molar-refractivity contribution in [3.8, 4) is 0 Å². The molecule has 1 aliphatic rings. The number of carbonyl (C=O) groups is 1. The Hall–Kier alpha value is -2.48. The zero-order valence-corrected chi connectivity index (χ0v) is 17.6. The van der Waals surface area contributed by atoms with Gasteiger partial charge in [-0.15, -0.1) is 0 Å². The summed E-state index contributed by atoms with van der Waals surface area (Å²) in [5.74, 6) is 2.19. The van der Waals surface area contributed by atoms with Gasteiger partial charge in [0.2, 0.25) is 5.95 Å². The monoisotopic (exact) mass is 385 g/mol. The summed E-state index contributed by atoms with van der Waals surface area (Å²) in [5.41, 5.74) is 1.32. The van der Waals surface area contributed by atoms with E-state index in [0.29, 0.717) is 17.4 Å². The first kappa shape index (κ1) is 20.3. The third-order valence-corrected chi connectivity index (χ3v) is 5.28. The van der Waals surface area contributed by atoms with Crippen molar-refractivity contribution in [1.29, 1.82) is 0 Å². The average molecular weight is 386 g/mol. The molecule has 2 aromatic heterocycles. The van der Waals surface area contributed by atoms with Crippen LogP contribution >= 0.6 is 0 Å². The van der Waals surface area contributed by atoms with Crippen molar-refractivity contribution in [2.24, 2.45) is 0 Å². The minimum absolute atomic E-state index is 0.0252. The largest absolute Gasteiger partial charge is 0.347 e. The van der Waals surface area contributed by atoms with Crippen LogP contribution in [0.2, 0.25) is 0 Å². The fourth-order valence-corrected chi connectivity index (χ4v) is 3.57. The van der Waals surface area contributed by atoms with Crippen molar-refractivity contribution >= 4 is 11.9 Å². The summed E-state index contributed by atoms with van der Waals surface area (Å²) in [7, 11) is 7.95. The zero-order valence-electron chi connectivity index (χ0n) is 17.6. The Labute approximate surface area is 167 Å². The van der Waals surface area contributed by atoms with E-state index < -0.39 is 0 Å². The second-order valence-corrected chi connectivity index (χ2v) is 7.91. The van der Waals surface area contributed by atoms with E-state index >= 15 is 0 Å². The molecule has 0 atom stereocenters. The van der Waals surface area contributed by atoms with Crippen LogP contribution in [0.25, 0.3) is 0 Å². The van der Waals surface area contributed by atoms with Crippen LogP contribution in [0.5, 0.6) is 0 Å². The van der Waals surface area contributed by atoms with Crippen LogP contribution in [0.1, 0.15) is 40.6 Å². The highest BCUT2D eigenvalue weighted by molar-refractivity contribution is 5.95. The van der Waals surface area contributed by atoms with Crippen LogP contribution in [-0.4, -0.2) is 83.1 Å². The molecule has 8 heteroatoms. The molecule has 0 bridgehead atoms. The SMILES string of the molecule is Cc1nc(N(C)C)ncc1C(=O)N1CCC(c2nccn2CCN(C)C)CC1. The van der Waals surface area contributed by atoms with Gasteiger partial charge in [0.15, 0.2) is 0 Å². The predicted octanol–water partition coefficient (Wildman–Crippen LogP) is 1.63. The highest BCUT2D eigenvalue weighted by Crippen LogP contribution is 2.28. The number of likely N-dealkylation sites (tertiary alicyclic amines) is 1. The molecule has 1 aliphatic heterocycles. The molecule has 1 fully saturated rings. The van der Waals surface area contributed by atoms with Gasteiger partial charge < -0.3 is 19.3 Å². The quantitative estimate of drug-likeness (QED) is 0.753. The summed E-state index contributed by atoms with van der Waals surface area (Å²) >= 11 is 0. The van der Waals surface area contributed by atoms with E-state index in [1.165, 1.54) is 0 Å². The standard InChI is InChI=1S/C20H31N7O/c1-15-17(14-22-20(23-15)25(4)5)19(28)27-9-6-16(7-10-27)18-21-8-11-26(18)13-12-24(2)3/h8,11,14,16H,6-7,9-10,12-13H2,1-5H3. The number of rotatable bonds is 6. The van der Waals surface area contributed by atoms with Gasteiger partial charge >= 0.3 is 0 Å². The van der Waals surface area contributed by atoms with E-state index in [2.05, 4.69) is 44.7 Å². The molecule has 0 aliphatic carbocycles. The fourth-order valence-electron chi connectivity index (χ4n) is 3.57. The van der Waals surface area contributed by atoms with Crippen molar-refractivity contribution in [1.82, 2.24) is 29.3 Å². The van der Waals surface area contributed by atoms with Crippen molar-refractivity contribution in [3.05, 3.63) is 35.7 Å². The molecule has 3 rings (SSSR count). The highest BCUT2D eigenvalue weighted by atomic mass is 16.2. The molecule has 152 valence electrons. The molecular formula is C20H31N7O. The number of amides is 1. The maximum atomic E-state index is 12.9. The summed E-state index contributed by atoms with van der Waals surface area (Å²) in [5, 5.41) is 0. The molecule has 0 unspecified atom stereocenters. The van der Waals surface area contributed by atoms with E-state index in [1.807, 2.05) is 37.0 Å². The molecule has 2 aromatic rings. The first-order chi connectivity index (χ1) is 13.4. The van der Waals surface area contributed by atoms with Gasteiger partial charge in [-0.05, 0) is 33.9 Å². The highest BCUT2D eigenvalue weighted by Gasteiger charge is 2.28. The molecule has 0 saturated carbocycles. The molecule has 1 saturated heterocycles. The Morgan fingerprint density at radius 3 is 2.50 bits per heavy atom. The normalized spacial score (nSPS) is 15.3. The van der Waals surface area contributed by atoms with Crippen LogP contribution < -0.4 is 4.90 Å². The van der Waals surface area contributed by atoms with E-state index in [0.717, 1.165) is 50.5 Å². The Morgan fingerprint density at radius 1 is 1.18 bits per heavy atom. The fraction of sp³-hybridized carbons (Fsp3) is 0.600. The minimum atomic E-state index is 0.0252. The third kappa shape index (κ3) is 4.49. The number of anilines is 1. The Kier molecular flexibility index (Phi) is 6.28. The van der Waals surface area contributed by atoms with E-state index in [-0.39, 0.29) is 5.91 Å². The molecule has 3 heterocycles. The number of hydrogen-bond acceptors (Lipinski definition) is 6. The van der Waals surface area contributed by atoms with Crippen molar-refractivity contribution < 1.29 is 4.79 Å². The number of piperidine rings is 1. The molecular weight excluding hydrogens is 354 g/mol. The van der Waals surface area contributed by atoms with E-state index in [4.69, 9.17) is 0 Å². The third-order valence-electron chi connectivity index (χ3n) is 5.28. The lowest BCUT2D eigenvalue weighted by molar-refractivity contribution is 0.0708. The minimum Gasteiger partial charge on any atom is -0.347 e. The number of likely N-dealkylation sites (N-methyl/N-ethyl adjacent to an activating group) is 1. The Bertz CT molecular complexity index is 807. The number of hydrogen-bond donors (Lipinski definition) is 0. The zero-order chi connectivity index (χ0) is 20.3. The molecule has 0 N–H and O–H groups in total. The van der Waals surface area contributed by atoms with Crippen molar-refractivity contribution in [3.63, 3.8) is 0 Å². The van der Waals surface area contributed by atoms with Gasteiger partial charge in [-0.2, -0.15) is 0 Å². The summed E-state index contributed by atoms with van der Waals surface area (Å²) in [6.07, 6.45) is 7.46. The summed E-state index contributed by atoms with van der Waals surface area (Å²) in [6.45, 7) is 5.27. The number of carbonyl (C=O) groups excluding carboxylic acids is 1. The van der Waals surface area contributed by atoms with Crippen LogP contribution in [-0.2, 0) is 6.54 Å². The maximum absolute atomic E-state index is 12.9. The maximum Gasteiger partial charge on any atom is 0.257 e. The smallest absolute Gasteiger partial charge is 0.257 e. The second-order valence-electron chi connectivity index (χ2n) is 7.91. The van der Waals surface area contributed by atoms with E-state index in [1.54, 1.807) is 6.20 Å². The van der Waals surface area contributed by atoms with Gasteiger partial charge in [0.25, 0.3) is 5.91 Å². The number of imidazole rings is 1. The van der Waals surface area contributed by atoms with Gasteiger partial charge in [0.05, 0.1) is 11.3 Å². The van der Waals surface area contributed by atoms with Crippen LogP contribution in [0.3, 0.4) is 0 Å². The van der Waals surface area contributed by atoms with Gasteiger partial charge in [-0.1, -0.05) is 0 Å². The lowest BCUT2D eigenvalue weighted by Crippen LogP contribution is -2.39. The van der Waals surface area contributed by atoms with Gasteiger partial charge in [-0.3, -0.25) is 4.79 Å². The Balaban J connectivity index is 1.63. The predicted molar refractivity (Wildman–Crippen MR) is 110 cm³/mol. The van der Waals surface area contributed by atoms with Gasteiger partial charge in [-0.25, -0.2) is 15.0 Å². The number of aryl methyl sites for hydroxylation is 1. The van der Waals surface area contributed by atoms with E-state index in [9.17, 15) is 4.79 Å². The number of aromatic nitrogens is 4. The molecule has 28 heavy (non-hydrogen) atoms. The van der Waals surface area contributed by atoms with Crippen LogP contribution in [0, 0.1) is 6.92 Å². The van der Waals surface area contributed by atoms with Crippen LogP contribution in [0.15, 0.2) is 18.6 Å². The van der Waals surface area contributed by atoms with Crippen molar-refractivity contribution in [2.45, 2.75) is 32.2 Å². The van der Waals surface area contributed by atoms with Crippen molar-refractivity contribution in [2.75, 3.05) is 52.7 Å². The first-order valence-electron chi connectivity index (χ1n) is 9.82. The van der Waals surface area contributed by atoms with Gasteiger partial charge in [0, 0.05) is 64.8 Å². The lowest BCUT2D eigenvalue weighted by Gasteiger charge is -2.32. The molecule has 8 nitrogen and oxygen atoms in total. The molecule has 0 spiro atoms. The topological polar surface area (TPSA) is 70.4 Å². The molecule has 0 aromatic carbocycles. The lowest BCUT2D eigenvalue weighted by atomic mass is 9.95. The second kappa shape index (κ2) is 8.68. The van der Waals surface area contributed by atoms with Gasteiger partial charge in [0.1, 0.15) is 5.82 Å². The summed E-state index contributed by atoms with van der Waals surface area (Å²) in [4.78, 5) is 32.2. The summed E-state index contributed by atoms with van der Waals surface area (Å²) in [6, 6.07) is 0. The average Bonchev–Trinajstić information content (AvgIpc) is 3.14. The number of nitrogens with zero attached hydrogens (tertiary/aromatic N) is 7. The molecule has 0 radical (unpaired) electrons. The Morgan fingerprint density at radius 2 is 1.89 bits per heavy atom. The van der Waals surface area contributed by atoms with Crippen LogP contribution in [0.4, 0.5) is 5.95 Å².